The molecule has 1 heterocycles. The lowest BCUT2D eigenvalue weighted by molar-refractivity contribution is -0.147. The number of aliphatic hydroxyl groups is 1. The van der Waals surface area contributed by atoms with Crippen LogP contribution in [0.5, 0.6) is 0 Å². The van der Waals surface area contributed by atoms with Crippen molar-refractivity contribution in [3.05, 3.63) is 58.9 Å². The molecule has 0 bridgehead atoms. The van der Waals surface area contributed by atoms with Crippen molar-refractivity contribution in [1.29, 1.82) is 0 Å². The molecule has 6 heteroatoms. The van der Waals surface area contributed by atoms with Gasteiger partial charge in [0.25, 0.3) is 0 Å². The summed E-state index contributed by atoms with van der Waals surface area (Å²) in [6, 6.07) is 10.9. The maximum Gasteiger partial charge on any atom is 0.205 e. The summed E-state index contributed by atoms with van der Waals surface area (Å²) in [7, 11) is 0. The van der Waals surface area contributed by atoms with E-state index in [0.717, 1.165) is 92.0 Å². The lowest BCUT2D eigenvalue weighted by Gasteiger charge is -2.60. The van der Waals surface area contributed by atoms with E-state index in [0.29, 0.717) is 59.8 Å². The summed E-state index contributed by atoms with van der Waals surface area (Å²) in [5.41, 5.74) is 3.86. The summed E-state index contributed by atoms with van der Waals surface area (Å²) in [6.45, 7) is 4.66. The van der Waals surface area contributed by atoms with Crippen LogP contribution in [0.2, 0.25) is 0 Å². The number of benzene rings is 2. The second kappa shape index (κ2) is 11.5. The maximum atomic E-state index is 14.3. The zero-order valence-corrected chi connectivity index (χ0v) is 28.2. The number of H-pyrrole nitrogens is 1. The van der Waals surface area contributed by atoms with E-state index >= 15 is 0 Å². The number of fused-ring (bicyclic) bond motifs is 5. The molecule has 5 aliphatic rings. The highest BCUT2D eigenvalue weighted by Crippen LogP contribution is 2.68. The van der Waals surface area contributed by atoms with Gasteiger partial charge in [0.2, 0.25) is 5.78 Å². The molecule has 2 aromatic carbocycles. The van der Waals surface area contributed by atoms with Crippen LogP contribution >= 0.6 is 0 Å². The molecular formula is C42H46FNO4. The lowest BCUT2D eigenvalue weighted by Crippen LogP contribution is -2.56. The van der Waals surface area contributed by atoms with Crippen molar-refractivity contribution in [3.63, 3.8) is 0 Å². The van der Waals surface area contributed by atoms with Gasteiger partial charge in [-0.2, -0.15) is 0 Å². The molecule has 0 radical (unpaired) electrons. The standard InChI is InChI=1S/C42H46FNO4/c1-40-18-14-30(46)22-27(40)11-13-31-34(40)16-19-41(2)35(31)17-21-42(41,48)20-15-29(45)12-8-25-6-9-26(10-7-25)39-32-4-3-5-37(47)33-23-28(43)24-36(44-39)38(32)33/h6-7,9-10,23-24,27,31,34-35,44,48H,3-5,8,11-14,16-19,21-22H2,1-2H3/t27-,31+,34-,35-,40-,41-,42-/m0/s1. The molecule has 0 spiro atoms. The molecule has 250 valence electrons. The number of rotatable bonds is 4. The van der Waals surface area contributed by atoms with Crippen molar-refractivity contribution in [2.75, 3.05) is 0 Å². The normalized spacial score (nSPS) is 34.1. The highest BCUT2D eigenvalue weighted by atomic mass is 19.1. The Labute approximate surface area is 282 Å². The van der Waals surface area contributed by atoms with Gasteiger partial charge in [-0.3, -0.25) is 14.4 Å². The first-order chi connectivity index (χ1) is 23.0. The zero-order chi connectivity index (χ0) is 33.4. The number of carbonyl (C=O) groups excluding carboxylic acids is 3. The third-order valence-corrected chi connectivity index (χ3v) is 14.0. The molecule has 0 amide bonds. The number of aryl methyl sites for hydroxylation is 2. The van der Waals surface area contributed by atoms with Crippen LogP contribution in [0.15, 0.2) is 36.4 Å². The molecule has 5 aliphatic carbocycles. The molecule has 4 fully saturated rings. The van der Waals surface area contributed by atoms with Crippen molar-refractivity contribution in [2.45, 2.75) is 109 Å². The topological polar surface area (TPSA) is 87.2 Å². The Balaban J connectivity index is 0.938. The second-order valence-corrected chi connectivity index (χ2v) is 16.3. The Morgan fingerprint density at radius 2 is 1.77 bits per heavy atom. The number of Topliss-reactive ketones (excluding diaryl/α,β-unsaturated/α-hetero) is 3. The molecule has 0 saturated heterocycles. The zero-order valence-electron chi connectivity index (χ0n) is 28.2. The van der Waals surface area contributed by atoms with Crippen molar-refractivity contribution in [3.8, 4) is 23.1 Å². The first kappa shape index (κ1) is 31.7. The average molecular weight is 648 g/mol. The number of halogens is 1. The van der Waals surface area contributed by atoms with Crippen molar-refractivity contribution < 1.29 is 23.9 Å². The van der Waals surface area contributed by atoms with Crippen LogP contribution in [-0.4, -0.2) is 33.0 Å². The fourth-order valence-electron chi connectivity index (χ4n) is 11.2. The van der Waals surface area contributed by atoms with E-state index in [2.05, 4.69) is 30.7 Å². The number of hydrogen-bond donors (Lipinski definition) is 2. The van der Waals surface area contributed by atoms with Crippen LogP contribution in [0, 0.1) is 52.2 Å². The van der Waals surface area contributed by atoms with E-state index in [1.54, 1.807) is 0 Å². The van der Waals surface area contributed by atoms with E-state index in [-0.39, 0.29) is 28.8 Å². The van der Waals surface area contributed by atoms with E-state index in [1.807, 2.05) is 24.3 Å². The van der Waals surface area contributed by atoms with Gasteiger partial charge in [-0.25, -0.2) is 4.39 Å². The van der Waals surface area contributed by atoms with E-state index in [9.17, 15) is 23.9 Å². The van der Waals surface area contributed by atoms with Gasteiger partial charge < -0.3 is 10.1 Å². The maximum absolute atomic E-state index is 14.3. The van der Waals surface area contributed by atoms with Gasteiger partial charge in [0.1, 0.15) is 17.2 Å². The molecule has 0 unspecified atom stereocenters. The fourth-order valence-corrected chi connectivity index (χ4v) is 11.2. The first-order valence-corrected chi connectivity index (χ1v) is 18.3. The van der Waals surface area contributed by atoms with Crippen LogP contribution in [0.3, 0.4) is 0 Å². The quantitative estimate of drug-likeness (QED) is 0.220. The number of hydrogen-bond acceptors (Lipinski definition) is 4. The summed E-state index contributed by atoms with van der Waals surface area (Å²) in [4.78, 5) is 41.3. The highest BCUT2D eigenvalue weighted by molar-refractivity contribution is 6.11. The Bertz CT molecular complexity index is 1900. The number of aromatic nitrogens is 1. The Hall–Kier alpha value is -3.56. The van der Waals surface area contributed by atoms with E-state index in [4.69, 9.17) is 0 Å². The van der Waals surface area contributed by atoms with Gasteiger partial charge in [0, 0.05) is 53.3 Å². The fraction of sp³-hybridized carbons (Fsp3) is 0.548. The first-order valence-electron chi connectivity index (χ1n) is 18.3. The molecule has 2 N–H and O–H groups in total. The Morgan fingerprint density at radius 1 is 0.979 bits per heavy atom. The summed E-state index contributed by atoms with van der Waals surface area (Å²) in [6.07, 6.45) is 11.1. The van der Waals surface area contributed by atoms with Gasteiger partial charge in [0.15, 0.2) is 5.78 Å². The molecule has 0 aliphatic heterocycles. The van der Waals surface area contributed by atoms with Crippen LogP contribution < -0.4 is 0 Å². The largest absolute Gasteiger partial charge is 0.377 e. The van der Waals surface area contributed by atoms with Crippen LogP contribution in [-0.2, 0) is 22.4 Å². The Morgan fingerprint density at radius 3 is 2.58 bits per heavy atom. The minimum absolute atomic E-state index is 0.0103. The number of ketones is 3. The lowest BCUT2D eigenvalue weighted by atomic mass is 9.44. The van der Waals surface area contributed by atoms with Crippen LogP contribution in [0.25, 0.3) is 22.2 Å². The molecular weight excluding hydrogens is 601 g/mol. The van der Waals surface area contributed by atoms with Gasteiger partial charge in [-0.15, -0.1) is 0 Å². The summed E-state index contributed by atoms with van der Waals surface area (Å²) < 4.78 is 14.3. The third kappa shape index (κ3) is 4.94. The summed E-state index contributed by atoms with van der Waals surface area (Å²) >= 11 is 0. The van der Waals surface area contributed by atoms with Crippen molar-refractivity contribution in [2.24, 2.45) is 34.5 Å². The van der Waals surface area contributed by atoms with Crippen LogP contribution in [0.4, 0.5) is 4.39 Å². The summed E-state index contributed by atoms with van der Waals surface area (Å²) in [5.74, 6) is 7.96. The second-order valence-electron chi connectivity index (χ2n) is 16.3. The number of nitrogens with one attached hydrogen (secondary N) is 1. The minimum atomic E-state index is -1.15. The van der Waals surface area contributed by atoms with Gasteiger partial charge in [-0.05, 0) is 128 Å². The molecule has 1 aromatic heterocycles. The minimum Gasteiger partial charge on any atom is -0.377 e. The molecule has 48 heavy (non-hydrogen) atoms. The van der Waals surface area contributed by atoms with Gasteiger partial charge in [0.05, 0.1) is 0 Å². The molecule has 8 rings (SSSR count). The third-order valence-electron chi connectivity index (χ3n) is 14.0. The monoisotopic (exact) mass is 647 g/mol. The van der Waals surface area contributed by atoms with Crippen molar-refractivity contribution in [1.82, 2.24) is 4.98 Å². The Kier molecular flexibility index (Phi) is 7.60. The predicted molar refractivity (Wildman–Crippen MR) is 184 cm³/mol. The molecule has 5 nitrogen and oxygen atoms in total. The highest BCUT2D eigenvalue weighted by Gasteiger charge is 2.64. The van der Waals surface area contributed by atoms with E-state index in [1.165, 1.54) is 12.1 Å². The summed E-state index contributed by atoms with van der Waals surface area (Å²) in [5, 5.41) is 12.8. The van der Waals surface area contributed by atoms with Gasteiger partial charge >= 0.3 is 0 Å². The van der Waals surface area contributed by atoms with Crippen molar-refractivity contribution >= 4 is 28.3 Å². The average Bonchev–Trinajstić information content (AvgIpc) is 3.50. The van der Waals surface area contributed by atoms with E-state index < -0.39 is 11.4 Å². The molecule has 7 atom stereocenters. The SMILES string of the molecule is C[C@]12CCC(=O)C[C@@H]1CC[C@@H]1[C@@H]2CC[C@@]2(C)[C@H]1CC[C@@]2(O)C#CC(=O)CCc1ccc(-c2[nH]c3cc(F)cc4c3c2CCCC4=O)cc1. The molecule has 3 aromatic rings. The number of aromatic amines is 1. The molecule has 4 saturated carbocycles. The van der Waals surface area contributed by atoms with Gasteiger partial charge in [-0.1, -0.05) is 44.0 Å². The predicted octanol–water partition coefficient (Wildman–Crippen LogP) is 8.34. The van der Waals surface area contributed by atoms with Crippen LogP contribution in [0.1, 0.15) is 112 Å². The smallest absolute Gasteiger partial charge is 0.205 e. The number of carbonyl (C=O) groups is 3.